The maximum Gasteiger partial charge on any atom is 0.317 e. The average Bonchev–Trinajstić information content (AvgIpc) is 3.75. The van der Waals surface area contributed by atoms with Crippen LogP contribution >= 0.6 is 0 Å². The Morgan fingerprint density at radius 2 is 1.32 bits per heavy atom. The highest BCUT2D eigenvalue weighted by molar-refractivity contribution is 5.99. The zero-order valence-corrected chi connectivity index (χ0v) is 37.6. The molecule has 0 aromatic heterocycles. The Balaban J connectivity index is 0.000000195. The maximum atomic E-state index is 11.5. The van der Waals surface area contributed by atoms with E-state index in [0.29, 0.717) is 34.5 Å². The van der Waals surface area contributed by atoms with E-state index < -0.39 is 47.5 Å². The van der Waals surface area contributed by atoms with Crippen LogP contribution in [0.3, 0.4) is 0 Å². The molecule has 2 heterocycles. The summed E-state index contributed by atoms with van der Waals surface area (Å²) in [6.07, 6.45) is 16.2. The predicted octanol–water partition coefficient (Wildman–Crippen LogP) is 9.38. The van der Waals surface area contributed by atoms with Crippen molar-refractivity contribution < 1.29 is 38.8 Å². The van der Waals surface area contributed by atoms with Gasteiger partial charge in [0.2, 0.25) is 0 Å². The molecule has 14 atom stereocenters. The second-order valence-corrected chi connectivity index (χ2v) is 21.2. The summed E-state index contributed by atoms with van der Waals surface area (Å²) < 4.78 is 9.05. The summed E-state index contributed by atoms with van der Waals surface area (Å²) in [7, 11) is 0. The Kier molecular flexibility index (Phi) is 13.7. The number of anilines is 4. The van der Waals surface area contributed by atoms with Gasteiger partial charge in [-0.2, -0.15) is 0 Å². The molecule has 2 aliphatic heterocycles. The molecule has 12 heteroatoms. The predicted molar refractivity (Wildman–Crippen MR) is 239 cm³/mol. The van der Waals surface area contributed by atoms with Crippen LogP contribution in [0, 0.1) is 81.8 Å². The largest absolute Gasteiger partial charge is 0.399 e. The molecule has 340 valence electrons. The van der Waals surface area contributed by atoms with Gasteiger partial charge in [-0.25, -0.2) is 4.89 Å². The minimum atomic E-state index is -0.694. The van der Waals surface area contributed by atoms with Crippen LogP contribution in [0.5, 0.6) is 0 Å². The molecule has 12 nitrogen and oxygen atoms in total. The van der Waals surface area contributed by atoms with Crippen LogP contribution in [0.4, 0.5) is 22.7 Å². The van der Waals surface area contributed by atoms with Crippen LogP contribution in [0.15, 0.2) is 42.5 Å². The number of nitrogens with two attached hydrogens (primary N) is 4. The minimum absolute atomic E-state index is 0.0138. The van der Waals surface area contributed by atoms with E-state index in [-0.39, 0.29) is 12.5 Å². The van der Waals surface area contributed by atoms with Gasteiger partial charge in [-0.05, 0) is 176 Å². The van der Waals surface area contributed by atoms with Gasteiger partial charge in [0, 0.05) is 22.7 Å². The number of ether oxygens (including phenoxy) is 2. The monoisotopic (exact) mass is 857 g/mol. The number of cyclic esters (lactones) is 4. The standard InChI is InChI=1S/C34H56N2O2.C10H8O6.C6H8N2/c1-21(2)7-6-8-22(3)29-11-12-30-28-10-9-25-17-23(32(38-37)24-18-26(35)20-27(36)19-24)13-15-33(25,4)31(28)14-16-34(29,30)5;11-6-2-3-4-1-5(7(3)10(14)15-6)9(13)16-8(4)12;7-5-1-2-6(8)4-3-5/h18-23,25,28-32,37H,6-17,35-36H2,1-5H3;3-5,7H,1-2H2;1-4H,7-8H2. The zero-order chi connectivity index (χ0) is 44.7. The topological polar surface area (TPSA) is 220 Å². The molecular weight excluding hydrogens is 785 g/mol. The van der Waals surface area contributed by atoms with E-state index >= 15 is 0 Å². The highest BCUT2D eigenvalue weighted by Crippen LogP contribution is 2.69. The molecule has 2 aromatic rings. The summed E-state index contributed by atoms with van der Waals surface area (Å²) in [4.78, 5) is 50.6. The average molecular weight is 857 g/mol. The molecule has 9 N–H and O–H groups in total. The van der Waals surface area contributed by atoms with E-state index in [9.17, 15) is 24.4 Å². The minimum Gasteiger partial charge on any atom is -0.399 e. The smallest absolute Gasteiger partial charge is 0.317 e. The summed E-state index contributed by atoms with van der Waals surface area (Å²) in [5, 5.41) is 9.96. The third kappa shape index (κ3) is 9.10. The number of carbonyl (C=O) groups excluding carboxylic acids is 4. The number of rotatable bonds is 8. The molecule has 14 unspecified atom stereocenters. The summed E-state index contributed by atoms with van der Waals surface area (Å²) >= 11 is 0. The Hall–Kier alpha value is -4.16. The van der Waals surface area contributed by atoms with E-state index in [2.05, 4.69) is 44.1 Å². The molecule has 5 aliphatic carbocycles. The number of nitrogen functional groups attached to an aromatic ring is 4. The van der Waals surface area contributed by atoms with Crippen molar-refractivity contribution in [1.29, 1.82) is 0 Å². The fourth-order valence-electron chi connectivity index (χ4n) is 14.3. The van der Waals surface area contributed by atoms with Gasteiger partial charge in [-0.1, -0.05) is 53.9 Å². The molecule has 0 spiro atoms. The van der Waals surface area contributed by atoms with Crippen LogP contribution < -0.4 is 22.9 Å². The van der Waals surface area contributed by atoms with Gasteiger partial charge >= 0.3 is 23.9 Å². The van der Waals surface area contributed by atoms with Crippen molar-refractivity contribution in [3.8, 4) is 0 Å². The van der Waals surface area contributed by atoms with E-state index in [4.69, 9.17) is 27.8 Å². The number of hydrogen-bond donors (Lipinski definition) is 5. The molecule has 7 aliphatic rings. The lowest BCUT2D eigenvalue weighted by Gasteiger charge is -2.61. The van der Waals surface area contributed by atoms with Crippen LogP contribution in [0.25, 0.3) is 0 Å². The summed E-state index contributed by atoms with van der Waals surface area (Å²) in [5.41, 5.74) is 27.6. The van der Waals surface area contributed by atoms with Gasteiger partial charge in [0.25, 0.3) is 0 Å². The molecule has 2 bridgehead atoms. The van der Waals surface area contributed by atoms with Crippen molar-refractivity contribution in [3.05, 3.63) is 48.0 Å². The molecule has 2 saturated heterocycles. The first-order chi connectivity index (χ1) is 29.4. The van der Waals surface area contributed by atoms with Crippen LogP contribution in [-0.2, 0) is 33.5 Å². The normalized spacial score (nSPS) is 36.6. The third-order valence-corrected chi connectivity index (χ3v) is 17.3. The van der Waals surface area contributed by atoms with Gasteiger partial charge in [0.05, 0.1) is 24.2 Å². The maximum absolute atomic E-state index is 11.5. The first-order valence-corrected chi connectivity index (χ1v) is 23.5. The van der Waals surface area contributed by atoms with E-state index in [1.54, 1.807) is 30.3 Å². The summed E-state index contributed by atoms with van der Waals surface area (Å²) in [5.74, 6) is 1.55. The first kappa shape index (κ1) is 45.9. The fourth-order valence-corrected chi connectivity index (χ4v) is 14.3. The summed E-state index contributed by atoms with van der Waals surface area (Å²) in [6, 6.07) is 12.7. The Labute approximate surface area is 367 Å². The molecular formula is C50H72N4O8. The van der Waals surface area contributed by atoms with Crippen LogP contribution in [0.2, 0.25) is 0 Å². The number of fused-ring (bicyclic) bond motifs is 10. The molecule has 2 aromatic carbocycles. The zero-order valence-electron chi connectivity index (χ0n) is 37.6. The first-order valence-electron chi connectivity index (χ1n) is 23.5. The van der Waals surface area contributed by atoms with Gasteiger partial charge in [0.15, 0.2) is 0 Å². The molecule has 0 amide bonds. The van der Waals surface area contributed by atoms with Gasteiger partial charge in [-0.15, -0.1) is 0 Å². The lowest BCUT2D eigenvalue weighted by atomic mass is 9.43. The quantitative estimate of drug-likeness (QED) is 0.0551. The van der Waals surface area contributed by atoms with Crippen molar-refractivity contribution in [2.45, 2.75) is 131 Å². The third-order valence-electron chi connectivity index (χ3n) is 17.3. The van der Waals surface area contributed by atoms with Crippen molar-refractivity contribution in [3.63, 3.8) is 0 Å². The summed E-state index contributed by atoms with van der Waals surface area (Å²) in [6.45, 7) is 12.7. The second-order valence-electron chi connectivity index (χ2n) is 21.2. The van der Waals surface area contributed by atoms with Gasteiger partial charge in [0.1, 0.15) is 6.10 Å². The van der Waals surface area contributed by atoms with Crippen molar-refractivity contribution >= 4 is 46.6 Å². The van der Waals surface area contributed by atoms with Crippen molar-refractivity contribution in [2.24, 2.45) is 81.8 Å². The molecule has 62 heavy (non-hydrogen) atoms. The molecule has 5 saturated carbocycles. The Morgan fingerprint density at radius 3 is 1.97 bits per heavy atom. The second kappa shape index (κ2) is 18.5. The molecule has 0 radical (unpaired) electrons. The number of carbonyl (C=O) groups is 4. The fraction of sp³-hybridized carbons (Fsp3) is 0.680. The van der Waals surface area contributed by atoms with E-state index in [1.165, 1.54) is 64.2 Å². The Bertz CT molecular complexity index is 1910. The molecule has 7 fully saturated rings. The van der Waals surface area contributed by atoms with Crippen LogP contribution in [0.1, 0.15) is 136 Å². The van der Waals surface area contributed by atoms with Crippen molar-refractivity contribution in [1.82, 2.24) is 0 Å². The number of benzene rings is 2. The number of hydrogen-bond acceptors (Lipinski definition) is 12. The number of esters is 4. The van der Waals surface area contributed by atoms with Crippen LogP contribution in [-0.4, -0.2) is 29.1 Å². The van der Waals surface area contributed by atoms with E-state index in [1.807, 2.05) is 12.1 Å². The van der Waals surface area contributed by atoms with Gasteiger partial charge in [-0.3, -0.25) is 24.4 Å². The van der Waals surface area contributed by atoms with Crippen molar-refractivity contribution in [2.75, 3.05) is 22.9 Å². The lowest BCUT2D eigenvalue weighted by Crippen LogP contribution is -2.54. The lowest BCUT2D eigenvalue weighted by molar-refractivity contribution is -0.299. The Morgan fingerprint density at radius 1 is 0.694 bits per heavy atom. The van der Waals surface area contributed by atoms with Gasteiger partial charge < -0.3 is 32.4 Å². The SMILES string of the molecule is CC(C)CCCC(C)C1CCC2C3CCC4CC(C(OO)c5cc(N)cc(N)c5)CCC4(C)C3CCC12C.Nc1ccc(N)cc1.O=C1CC2C3CC(C(=O)OC3=O)C2C(=O)O1. The van der Waals surface area contributed by atoms with E-state index in [0.717, 1.165) is 71.2 Å². The highest BCUT2D eigenvalue weighted by atomic mass is 17.1. The highest BCUT2D eigenvalue weighted by Gasteiger charge is 2.62. The molecule has 9 rings (SSSR count).